The van der Waals surface area contributed by atoms with Crippen molar-refractivity contribution in [3.63, 3.8) is 0 Å². The van der Waals surface area contributed by atoms with Crippen molar-refractivity contribution in [2.45, 2.75) is 26.9 Å². The predicted molar refractivity (Wildman–Crippen MR) is 165 cm³/mol. The minimum atomic E-state index is -0.449. The van der Waals surface area contributed by atoms with Gasteiger partial charge in [0.1, 0.15) is 6.61 Å². The number of methoxy groups -OCH3 is 1. The Hall–Kier alpha value is -4.01. The zero-order valence-corrected chi connectivity index (χ0v) is 24.8. The maximum atomic E-state index is 13.3. The van der Waals surface area contributed by atoms with Crippen molar-refractivity contribution < 1.29 is 23.8 Å². The van der Waals surface area contributed by atoms with Crippen LogP contribution in [0.2, 0.25) is 5.02 Å². The molecule has 1 saturated heterocycles. The van der Waals surface area contributed by atoms with Gasteiger partial charge in [0.25, 0.3) is 5.91 Å². The van der Waals surface area contributed by atoms with Gasteiger partial charge < -0.3 is 14.2 Å². The van der Waals surface area contributed by atoms with E-state index in [0.717, 1.165) is 16.7 Å². The normalized spacial score (nSPS) is 14.9. The smallest absolute Gasteiger partial charge is 0.337 e. The van der Waals surface area contributed by atoms with Gasteiger partial charge in [-0.2, -0.15) is 0 Å². The number of ether oxygens (including phenoxy) is 3. The molecule has 1 aliphatic heterocycles. The van der Waals surface area contributed by atoms with Crippen molar-refractivity contribution in [3.05, 3.63) is 106 Å². The topological polar surface area (TPSA) is 77.4 Å². The molecular formula is C32H31ClN2O5S. The fraction of sp³-hybridized carbons (Fsp3) is 0.219. The zero-order chi connectivity index (χ0) is 29.4. The fourth-order valence-electron chi connectivity index (χ4n) is 4.22. The van der Waals surface area contributed by atoms with Gasteiger partial charge in [-0.1, -0.05) is 41.9 Å². The van der Waals surface area contributed by atoms with Crippen molar-refractivity contribution in [1.82, 2.24) is 4.90 Å². The van der Waals surface area contributed by atoms with Crippen LogP contribution in [0.25, 0.3) is 6.08 Å². The Kier molecular flexibility index (Phi) is 10.3. The Morgan fingerprint density at radius 1 is 1.07 bits per heavy atom. The molecule has 9 heteroatoms. The first-order valence-corrected chi connectivity index (χ1v) is 14.3. The number of aliphatic imine (C=N–C) groups is 1. The van der Waals surface area contributed by atoms with Crippen LogP contribution in [0.4, 0.5) is 5.69 Å². The number of carbonyl (C=O) groups is 2. The number of hydrogen-bond acceptors (Lipinski definition) is 7. The zero-order valence-electron chi connectivity index (χ0n) is 23.2. The molecule has 41 heavy (non-hydrogen) atoms. The van der Waals surface area contributed by atoms with Gasteiger partial charge in [0.15, 0.2) is 16.7 Å². The summed E-state index contributed by atoms with van der Waals surface area (Å²) in [5.41, 5.74) is 3.47. The molecule has 0 atom stereocenters. The van der Waals surface area contributed by atoms with Crippen LogP contribution in [0.15, 0.2) is 83.2 Å². The number of allylic oxidation sites excluding steroid dienone is 1. The van der Waals surface area contributed by atoms with Crippen molar-refractivity contribution in [2.24, 2.45) is 4.99 Å². The minimum Gasteiger partial charge on any atom is -0.490 e. The number of halogens is 1. The van der Waals surface area contributed by atoms with E-state index in [0.29, 0.717) is 57.4 Å². The molecule has 1 aliphatic rings. The van der Waals surface area contributed by atoms with Gasteiger partial charge in [-0.05, 0) is 80.1 Å². The number of carbonyl (C=O) groups excluding carboxylic acids is 2. The summed E-state index contributed by atoms with van der Waals surface area (Å²) < 4.78 is 17.0. The van der Waals surface area contributed by atoms with Crippen LogP contribution in [0, 0.1) is 0 Å². The second kappa shape index (κ2) is 14.1. The number of benzene rings is 3. The van der Waals surface area contributed by atoms with Gasteiger partial charge in [-0.3, -0.25) is 9.69 Å². The molecule has 212 valence electrons. The third kappa shape index (κ3) is 7.20. The summed E-state index contributed by atoms with van der Waals surface area (Å²) in [5, 5.41) is 1.16. The van der Waals surface area contributed by atoms with E-state index in [2.05, 4.69) is 11.6 Å². The number of rotatable bonds is 11. The van der Waals surface area contributed by atoms with Crippen LogP contribution in [-0.4, -0.2) is 42.2 Å². The summed E-state index contributed by atoms with van der Waals surface area (Å²) >= 11 is 7.61. The van der Waals surface area contributed by atoms with E-state index in [9.17, 15) is 9.59 Å². The lowest BCUT2D eigenvalue weighted by atomic mass is 10.0. The van der Waals surface area contributed by atoms with Crippen molar-refractivity contribution in [3.8, 4) is 11.5 Å². The van der Waals surface area contributed by atoms with Gasteiger partial charge >= 0.3 is 5.97 Å². The molecule has 0 N–H and O–H groups in total. The highest BCUT2D eigenvalue weighted by molar-refractivity contribution is 8.18. The highest BCUT2D eigenvalue weighted by Crippen LogP contribution is 2.38. The Bertz CT molecular complexity index is 1520. The molecule has 0 unspecified atom stereocenters. The Labute approximate surface area is 249 Å². The molecule has 3 aromatic rings. The molecule has 0 aliphatic carbocycles. The summed E-state index contributed by atoms with van der Waals surface area (Å²) in [6.45, 7) is 8.86. The average molecular weight is 591 g/mol. The molecule has 0 radical (unpaired) electrons. The fourth-order valence-corrected chi connectivity index (χ4v) is 5.47. The minimum absolute atomic E-state index is 0.150. The SMILES string of the molecule is C=CCc1cc(C=C2SC(=Nc3cccc(C(=O)OC)c3)N(CC)C2=O)cc(OCC)c1OCc1ccccc1Cl. The Morgan fingerprint density at radius 3 is 2.59 bits per heavy atom. The highest BCUT2D eigenvalue weighted by atomic mass is 35.5. The van der Waals surface area contributed by atoms with Gasteiger partial charge in [-0.15, -0.1) is 6.58 Å². The maximum absolute atomic E-state index is 13.3. The average Bonchev–Trinajstić information content (AvgIpc) is 3.26. The van der Waals surface area contributed by atoms with Gasteiger partial charge in [-0.25, -0.2) is 9.79 Å². The van der Waals surface area contributed by atoms with Crippen LogP contribution in [-0.2, 0) is 22.6 Å². The Balaban J connectivity index is 1.67. The lowest BCUT2D eigenvalue weighted by Gasteiger charge is -2.17. The molecule has 4 rings (SSSR count). The number of amides is 1. The van der Waals surface area contributed by atoms with E-state index < -0.39 is 5.97 Å². The molecule has 1 fully saturated rings. The van der Waals surface area contributed by atoms with E-state index in [4.69, 9.17) is 25.8 Å². The molecule has 3 aromatic carbocycles. The van der Waals surface area contributed by atoms with E-state index in [1.807, 2.05) is 56.3 Å². The van der Waals surface area contributed by atoms with Crippen molar-refractivity contribution >= 4 is 52.2 Å². The molecule has 1 amide bonds. The first-order chi connectivity index (χ1) is 19.9. The first-order valence-electron chi connectivity index (χ1n) is 13.1. The quantitative estimate of drug-likeness (QED) is 0.131. The largest absolute Gasteiger partial charge is 0.490 e. The molecule has 1 heterocycles. The van der Waals surface area contributed by atoms with Crippen LogP contribution in [0.3, 0.4) is 0 Å². The molecule has 0 spiro atoms. The predicted octanol–water partition coefficient (Wildman–Crippen LogP) is 7.46. The molecule has 0 bridgehead atoms. The third-order valence-electron chi connectivity index (χ3n) is 6.14. The van der Waals surface area contributed by atoms with Crippen molar-refractivity contribution in [1.29, 1.82) is 0 Å². The summed E-state index contributed by atoms with van der Waals surface area (Å²) in [6.07, 6.45) is 4.17. The standard InChI is InChI=1S/C32H31ClN2O5S/c1-5-11-22-16-21(17-27(39-7-3)29(22)40-20-24-12-8-9-15-26(24)33)18-28-30(36)35(6-2)32(41-28)34-25-14-10-13-23(19-25)31(37)38-4/h5,8-10,12-19H,1,6-7,11,20H2,2-4H3. The second-order valence-electron chi connectivity index (χ2n) is 8.91. The van der Waals surface area contributed by atoms with Crippen LogP contribution in [0.5, 0.6) is 11.5 Å². The van der Waals surface area contributed by atoms with Gasteiger partial charge in [0.05, 0.1) is 29.9 Å². The maximum Gasteiger partial charge on any atom is 0.337 e. The summed E-state index contributed by atoms with van der Waals surface area (Å²) in [5.74, 6) is 0.585. The number of likely N-dealkylation sites (N-methyl/N-ethyl adjacent to an activating group) is 1. The molecule has 0 aromatic heterocycles. The number of esters is 1. The molecular weight excluding hydrogens is 560 g/mol. The third-order valence-corrected chi connectivity index (χ3v) is 7.52. The summed E-state index contributed by atoms with van der Waals surface area (Å²) in [7, 11) is 1.33. The van der Waals surface area contributed by atoms with Crippen molar-refractivity contribution in [2.75, 3.05) is 20.3 Å². The summed E-state index contributed by atoms with van der Waals surface area (Å²) in [4.78, 5) is 32.1. The van der Waals surface area contributed by atoms with E-state index in [1.54, 1.807) is 35.2 Å². The molecule has 0 saturated carbocycles. The van der Waals surface area contributed by atoms with E-state index >= 15 is 0 Å². The highest BCUT2D eigenvalue weighted by Gasteiger charge is 2.32. The van der Waals surface area contributed by atoms with Gasteiger partial charge in [0, 0.05) is 22.7 Å². The van der Waals surface area contributed by atoms with Gasteiger partial charge in [0.2, 0.25) is 0 Å². The second-order valence-corrected chi connectivity index (χ2v) is 10.3. The van der Waals surface area contributed by atoms with Crippen LogP contribution < -0.4 is 9.47 Å². The van der Waals surface area contributed by atoms with E-state index in [-0.39, 0.29) is 12.5 Å². The van der Waals surface area contributed by atoms with Crippen LogP contribution >= 0.6 is 23.4 Å². The lowest BCUT2D eigenvalue weighted by molar-refractivity contribution is -0.122. The number of amidine groups is 1. The van der Waals surface area contributed by atoms with E-state index in [1.165, 1.54) is 18.9 Å². The Morgan fingerprint density at radius 2 is 1.88 bits per heavy atom. The summed E-state index contributed by atoms with van der Waals surface area (Å²) in [6, 6.07) is 18.2. The lowest BCUT2D eigenvalue weighted by Crippen LogP contribution is -2.28. The number of hydrogen-bond donors (Lipinski definition) is 0. The number of nitrogens with zero attached hydrogens (tertiary/aromatic N) is 2. The monoisotopic (exact) mass is 590 g/mol. The molecule has 7 nitrogen and oxygen atoms in total. The first kappa shape index (κ1) is 30.0. The van der Waals surface area contributed by atoms with Crippen LogP contribution in [0.1, 0.15) is 40.9 Å². The number of thioether (sulfide) groups is 1.